The first-order valence-corrected chi connectivity index (χ1v) is 5.94. The number of para-hydroxylation sites is 2. The molecule has 0 amide bonds. The molecule has 0 saturated carbocycles. The Hall–Kier alpha value is -0.940. The van der Waals surface area contributed by atoms with Crippen LogP contribution in [-0.2, 0) is 0 Å². The molecule has 2 nitrogen and oxygen atoms in total. The van der Waals surface area contributed by atoms with Gasteiger partial charge in [-0.3, -0.25) is 0 Å². The third kappa shape index (κ3) is 4.28. The molecule has 84 valence electrons. The molecular formula is C12H10ClIO2. The first-order valence-electron chi connectivity index (χ1n) is 4.48. The zero-order chi connectivity index (χ0) is 12.0. The summed E-state index contributed by atoms with van der Waals surface area (Å²) in [5, 5.41) is 18.1. The summed E-state index contributed by atoms with van der Waals surface area (Å²) in [6.45, 7) is 0. The second kappa shape index (κ2) is 6.60. The van der Waals surface area contributed by atoms with Gasteiger partial charge in [0.1, 0.15) is 11.5 Å². The summed E-state index contributed by atoms with van der Waals surface area (Å²) in [5.74, 6) is 0.488. The molecule has 0 radical (unpaired) electrons. The van der Waals surface area contributed by atoms with Crippen molar-refractivity contribution in [1.82, 2.24) is 0 Å². The zero-order valence-electron chi connectivity index (χ0n) is 8.27. The van der Waals surface area contributed by atoms with Gasteiger partial charge in [0.2, 0.25) is 0 Å². The third-order valence-electron chi connectivity index (χ3n) is 1.70. The summed E-state index contributed by atoms with van der Waals surface area (Å²) in [7, 11) is 0. The lowest BCUT2D eigenvalue weighted by Crippen LogP contribution is -1.67. The molecule has 0 aliphatic carbocycles. The molecule has 0 unspecified atom stereocenters. The maximum atomic E-state index is 8.91. The van der Waals surface area contributed by atoms with Crippen LogP contribution in [0.15, 0.2) is 48.5 Å². The van der Waals surface area contributed by atoms with Gasteiger partial charge < -0.3 is 10.2 Å². The van der Waals surface area contributed by atoms with E-state index in [9.17, 15) is 0 Å². The van der Waals surface area contributed by atoms with Gasteiger partial charge in [-0.1, -0.05) is 35.9 Å². The second-order valence-electron chi connectivity index (χ2n) is 2.90. The Labute approximate surface area is 113 Å². The van der Waals surface area contributed by atoms with Crippen molar-refractivity contribution in [3.8, 4) is 11.5 Å². The summed E-state index contributed by atoms with van der Waals surface area (Å²) >= 11 is 7.53. The number of phenols is 2. The average molecular weight is 349 g/mol. The van der Waals surface area contributed by atoms with Crippen LogP contribution in [0.3, 0.4) is 0 Å². The number of rotatable bonds is 0. The van der Waals surface area contributed by atoms with Crippen molar-refractivity contribution in [2.45, 2.75) is 0 Å². The molecule has 2 aromatic carbocycles. The van der Waals surface area contributed by atoms with E-state index >= 15 is 0 Å². The molecule has 0 bridgehead atoms. The first kappa shape index (κ1) is 13.1. The Kier molecular flexibility index (Phi) is 5.42. The highest BCUT2D eigenvalue weighted by Gasteiger charge is 1.90. The van der Waals surface area contributed by atoms with E-state index in [1.165, 1.54) is 0 Å². The number of benzene rings is 2. The van der Waals surface area contributed by atoms with Gasteiger partial charge in [-0.15, -0.1) is 0 Å². The van der Waals surface area contributed by atoms with E-state index in [0.717, 1.165) is 3.57 Å². The summed E-state index contributed by atoms with van der Waals surface area (Å²) < 4.78 is 0.894. The molecule has 0 atom stereocenters. The van der Waals surface area contributed by atoms with Gasteiger partial charge in [-0.05, 0) is 46.9 Å². The minimum Gasteiger partial charge on any atom is -0.507 e. The molecule has 16 heavy (non-hydrogen) atoms. The predicted octanol–water partition coefficient (Wildman–Crippen LogP) is 4.04. The lowest BCUT2D eigenvalue weighted by atomic mass is 10.3. The zero-order valence-corrected chi connectivity index (χ0v) is 11.2. The molecule has 0 spiro atoms. The van der Waals surface area contributed by atoms with Crippen molar-refractivity contribution in [3.63, 3.8) is 0 Å². The molecular weight excluding hydrogens is 338 g/mol. The fourth-order valence-electron chi connectivity index (χ4n) is 0.903. The maximum absolute atomic E-state index is 8.91. The molecule has 2 N–H and O–H groups in total. The molecule has 0 aromatic heterocycles. The van der Waals surface area contributed by atoms with Gasteiger partial charge in [0.15, 0.2) is 0 Å². The van der Waals surface area contributed by atoms with Crippen molar-refractivity contribution < 1.29 is 10.2 Å². The van der Waals surface area contributed by atoms with E-state index in [1.807, 2.05) is 12.1 Å². The highest BCUT2D eigenvalue weighted by Crippen LogP contribution is 2.20. The van der Waals surface area contributed by atoms with Crippen LogP contribution in [0.4, 0.5) is 0 Å². The van der Waals surface area contributed by atoms with Crippen LogP contribution in [0.25, 0.3) is 0 Å². The van der Waals surface area contributed by atoms with E-state index in [1.54, 1.807) is 36.4 Å². The predicted molar refractivity (Wildman–Crippen MR) is 73.9 cm³/mol. The largest absolute Gasteiger partial charge is 0.507 e. The van der Waals surface area contributed by atoms with E-state index in [-0.39, 0.29) is 5.75 Å². The van der Waals surface area contributed by atoms with E-state index in [4.69, 9.17) is 21.8 Å². The average Bonchev–Trinajstić information content (AvgIpc) is 2.28. The van der Waals surface area contributed by atoms with Crippen molar-refractivity contribution in [1.29, 1.82) is 0 Å². The SMILES string of the molecule is Oc1ccccc1Cl.Oc1ccccc1I. The lowest BCUT2D eigenvalue weighted by molar-refractivity contribution is 0.471. The van der Waals surface area contributed by atoms with Gasteiger partial charge in [-0.2, -0.15) is 0 Å². The van der Waals surface area contributed by atoms with Crippen LogP contribution in [0.5, 0.6) is 11.5 Å². The molecule has 0 heterocycles. The van der Waals surface area contributed by atoms with Crippen LogP contribution in [0, 0.1) is 3.57 Å². The number of halogens is 2. The normalized spacial score (nSPS) is 9.12. The smallest absolute Gasteiger partial charge is 0.134 e. The van der Waals surface area contributed by atoms with Gasteiger partial charge in [0.05, 0.1) is 8.59 Å². The summed E-state index contributed by atoms with van der Waals surface area (Å²) in [4.78, 5) is 0. The monoisotopic (exact) mass is 348 g/mol. The van der Waals surface area contributed by atoms with Crippen LogP contribution in [0.2, 0.25) is 5.02 Å². The fraction of sp³-hybridized carbons (Fsp3) is 0. The Bertz CT molecular complexity index is 375. The summed E-state index contributed by atoms with van der Waals surface area (Å²) in [5.41, 5.74) is 0. The van der Waals surface area contributed by atoms with Crippen molar-refractivity contribution in [2.75, 3.05) is 0 Å². The molecule has 2 aromatic rings. The van der Waals surface area contributed by atoms with Gasteiger partial charge in [-0.25, -0.2) is 0 Å². The minimum absolute atomic E-state index is 0.133. The Morgan fingerprint density at radius 1 is 0.812 bits per heavy atom. The van der Waals surface area contributed by atoms with Crippen molar-refractivity contribution >= 4 is 34.2 Å². The number of aromatic hydroxyl groups is 2. The number of hydrogen-bond acceptors (Lipinski definition) is 2. The minimum atomic E-state index is 0.133. The fourth-order valence-corrected chi connectivity index (χ4v) is 1.43. The quantitative estimate of drug-likeness (QED) is 0.705. The summed E-state index contributed by atoms with van der Waals surface area (Å²) in [6, 6.07) is 13.9. The molecule has 0 aliphatic rings. The van der Waals surface area contributed by atoms with Gasteiger partial charge in [0, 0.05) is 0 Å². The number of phenolic OH excluding ortho intramolecular Hbond substituents is 2. The van der Waals surface area contributed by atoms with Crippen LogP contribution in [-0.4, -0.2) is 10.2 Å². The van der Waals surface area contributed by atoms with Crippen molar-refractivity contribution in [2.24, 2.45) is 0 Å². The van der Waals surface area contributed by atoms with E-state index in [2.05, 4.69) is 22.6 Å². The van der Waals surface area contributed by atoms with Gasteiger partial charge in [0.25, 0.3) is 0 Å². The lowest BCUT2D eigenvalue weighted by Gasteiger charge is -1.90. The molecule has 2 rings (SSSR count). The van der Waals surface area contributed by atoms with Gasteiger partial charge >= 0.3 is 0 Å². The maximum Gasteiger partial charge on any atom is 0.134 e. The first-order chi connectivity index (χ1) is 7.61. The van der Waals surface area contributed by atoms with E-state index < -0.39 is 0 Å². The Balaban J connectivity index is 0.000000160. The van der Waals surface area contributed by atoms with Crippen LogP contribution < -0.4 is 0 Å². The summed E-state index contributed by atoms with van der Waals surface area (Å²) in [6.07, 6.45) is 0. The molecule has 4 heteroatoms. The Morgan fingerprint density at radius 2 is 1.31 bits per heavy atom. The van der Waals surface area contributed by atoms with Crippen LogP contribution >= 0.6 is 34.2 Å². The Morgan fingerprint density at radius 3 is 1.62 bits per heavy atom. The highest BCUT2D eigenvalue weighted by atomic mass is 127. The number of hydrogen-bond donors (Lipinski definition) is 2. The topological polar surface area (TPSA) is 40.5 Å². The third-order valence-corrected chi connectivity index (χ3v) is 2.94. The molecule has 0 saturated heterocycles. The molecule has 0 aliphatic heterocycles. The van der Waals surface area contributed by atoms with Crippen LogP contribution in [0.1, 0.15) is 0 Å². The highest BCUT2D eigenvalue weighted by molar-refractivity contribution is 14.1. The van der Waals surface area contributed by atoms with Crippen molar-refractivity contribution in [3.05, 3.63) is 57.1 Å². The second-order valence-corrected chi connectivity index (χ2v) is 4.47. The van der Waals surface area contributed by atoms with E-state index in [0.29, 0.717) is 10.8 Å². The molecule has 0 fully saturated rings. The standard InChI is InChI=1S/C6H5ClO.C6H5IO/c2*7-5-3-1-2-4-6(5)8/h2*1-4,8H.